The number of hydrogen-bond acceptors (Lipinski definition) is 3. The van der Waals surface area contributed by atoms with E-state index in [1.807, 2.05) is 18.9 Å². The van der Waals surface area contributed by atoms with Crippen LogP contribution in [0, 0.1) is 5.82 Å². The van der Waals surface area contributed by atoms with Gasteiger partial charge in [-0.15, -0.1) is 0 Å². The van der Waals surface area contributed by atoms with Crippen LogP contribution < -0.4 is 15.5 Å². The first-order chi connectivity index (χ1) is 9.73. The lowest BCUT2D eigenvalue weighted by Crippen LogP contribution is -2.37. The van der Waals surface area contributed by atoms with Gasteiger partial charge in [-0.05, 0) is 51.5 Å². The predicted molar refractivity (Wildman–Crippen MR) is 84.9 cm³/mol. The van der Waals surface area contributed by atoms with Gasteiger partial charge in [0.15, 0.2) is 0 Å². The van der Waals surface area contributed by atoms with Crippen LogP contribution in [-0.2, 0) is 11.3 Å². The van der Waals surface area contributed by atoms with E-state index in [1.54, 1.807) is 6.07 Å². The minimum absolute atomic E-state index is 0.0425. The van der Waals surface area contributed by atoms with Crippen LogP contribution in [0.3, 0.4) is 0 Å². The van der Waals surface area contributed by atoms with Crippen LogP contribution in [-0.4, -0.2) is 31.6 Å². The number of amides is 1. The minimum atomic E-state index is -0.268. The molecular formula is C16H26FN3O. The highest BCUT2D eigenvalue weighted by atomic mass is 19.1. The van der Waals surface area contributed by atoms with Gasteiger partial charge in [0, 0.05) is 31.4 Å². The van der Waals surface area contributed by atoms with Crippen LogP contribution in [0.25, 0.3) is 0 Å². The maximum absolute atomic E-state index is 13.5. The zero-order chi connectivity index (χ0) is 16.0. The fraction of sp³-hybridized carbons (Fsp3) is 0.562. The summed E-state index contributed by atoms with van der Waals surface area (Å²) in [7, 11) is 1.84. The average Bonchev–Trinajstić information content (AvgIpc) is 2.35. The monoisotopic (exact) mass is 295 g/mol. The van der Waals surface area contributed by atoms with E-state index in [4.69, 9.17) is 0 Å². The molecule has 0 unspecified atom stereocenters. The van der Waals surface area contributed by atoms with Crippen molar-refractivity contribution in [1.82, 2.24) is 10.6 Å². The van der Waals surface area contributed by atoms with Crippen LogP contribution in [0.1, 0.15) is 33.3 Å². The van der Waals surface area contributed by atoms with Gasteiger partial charge in [0.25, 0.3) is 0 Å². The number of halogens is 1. The number of likely N-dealkylation sites (N-methyl/N-ethyl adjacent to an activating group) is 2. The van der Waals surface area contributed by atoms with Crippen LogP contribution in [0.4, 0.5) is 10.1 Å². The summed E-state index contributed by atoms with van der Waals surface area (Å²) in [5, 5.41) is 6.11. The molecule has 0 bridgehead atoms. The fourth-order valence-electron chi connectivity index (χ4n) is 1.98. The Bertz CT molecular complexity index is 483. The number of nitrogens with one attached hydrogen (secondary N) is 2. The number of nitrogens with zero attached hydrogens (tertiary/aromatic N) is 1. The summed E-state index contributed by atoms with van der Waals surface area (Å²) in [6.07, 6.45) is 0. The van der Waals surface area contributed by atoms with E-state index in [2.05, 4.69) is 31.4 Å². The number of anilines is 1. The highest BCUT2D eigenvalue weighted by molar-refractivity contribution is 5.81. The topological polar surface area (TPSA) is 44.4 Å². The van der Waals surface area contributed by atoms with E-state index in [0.717, 1.165) is 11.3 Å². The minimum Gasteiger partial charge on any atom is -0.365 e. The standard InChI is InChI=1S/C16H26FN3O/c1-6-18-15(21)11-20(5)14-8-7-13(17)9-12(14)10-19-16(2,3)4/h7-9,19H,6,10-11H2,1-5H3,(H,18,21). The highest BCUT2D eigenvalue weighted by Gasteiger charge is 2.14. The Morgan fingerprint density at radius 1 is 1.33 bits per heavy atom. The van der Waals surface area contributed by atoms with Crippen molar-refractivity contribution < 1.29 is 9.18 Å². The Morgan fingerprint density at radius 2 is 2.00 bits per heavy atom. The molecule has 0 aliphatic heterocycles. The molecule has 0 saturated carbocycles. The highest BCUT2D eigenvalue weighted by Crippen LogP contribution is 2.21. The van der Waals surface area contributed by atoms with Crippen molar-refractivity contribution in [3.8, 4) is 0 Å². The number of rotatable bonds is 6. The SMILES string of the molecule is CCNC(=O)CN(C)c1ccc(F)cc1CNC(C)(C)C. The first-order valence-corrected chi connectivity index (χ1v) is 7.24. The van der Waals surface area contributed by atoms with Crippen LogP contribution in [0.5, 0.6) is 0 Å². The largest absolute Gasteiger partial charge is 0.365 e. The Hall–Kier alpha value is -1.62. The van der Waals surface area contributed by atoms with Crippen molar-refractivity contribution in [2.75, 3.05) is 25.0 Å². The third-order valence-electron chi connectivity index (χ3n) is 3.02. The molecule has 0 fully saturated rings. The van der Waals surface area contributed by atoms with Crippen molar-refractivity contribution in [1.29, 1.82) is 0 Å². The smallest absolute Gasteiger partial charge is 0.239 e. The second-order valence-corrected chi connectivity index (χ2v) is 6.19. The maximum atomic E-state index is 13.5. The molecule has 1 rings (SSSR count). The van der Waals surface area contributed by atoms with Gasteiger partial charge in [-0.3, -0.25) is 4.79 Å². The molecule has 0 atom stereocenters. The predicted octanol–water partition coefficient (Wildman–Crippen LogP) is 2.29. The van der Waals surface area contributed by atoms with Crippen molar-refractivity contribution in [2.24, 2.45) is 0 Å². The van der Waals surface area contributed by atoms with E-state index in [1.165, 1.54) is 12.1 Å². The molecule has 118 valence electrons. The van der Waals surface area contributed by atoms with E-state index >= 15 is 0 Å². The summed E-state index contributed by atoms with van der Waals surface area (Å²) in [4.78, 5) is 13.5. The number of carbonyl (C=O) groups excluding carboxylic acids is 1. The van der Waals surface area contributed by atoms with Crippen molar-refractivity contribution >= 4 is 11.6 Å². The van der Waals surface area contributed by atoms with Gasteiger partial charge in [0.05, 0.1) is 6.54 Å². The van der Waals surface area contributed by atoms with Crippen LogP contribution in [0.15, 0.2) is 18.2 Å². The summed E-state index contributed by atoms with van der Waals surface area (Å²) in [6.45, 7) is 9.47. The van der Waals surface area contributed by atoms with Gasteiger partial charge in [-0.1, -0.05) is 0 Å². The van der Waals surface area contributed by atoms with Gasteiger partial charge in [0.2, 0.25) is 5.91 Å². The second-order valence-electron chi connectivity index (χ2n) is 6.19. The number of hydrogen-bond donors (Lipinski definition) is 2. The van der Waals surface area contributed by atoms with Crippen molar-refractivity contribution in [3.63, 3.8) is 0 Å². The molecule has 0 aliphatic rings. The molecule has 2 N–H and O–H groups in total. The second kappa shape index (κ2) is 7.41. The summed E-state index contributed by atoms with van der Waals surface area (Å²) >= 11 is 0. The zero-order valence-electron chi connectivity index (χ0n) is 13.6. The maximum Gasteiger partial charge on any atom is 0.239 e. The van der Waals surface area contributed by atoms with Crippen LogP contribution >= 0.6 is 0 Å². The normalized spacial score (nSPS) is 11.3. The molecule has 0 saturated heterocycles. The van der Waals surface area contributed by atoms with Gasteiger partial charge < -0.3 is 15.5 Å². The zero-order valence-corrected chi connectivity index (χ0v) is 13.6. The third kappa shape index (κ3) is 6.12. The molecule has 0 aliphatic carbocycles. The lowest BCUT2D eigenvalue weighted by molar-refractivity contribution is -0.119. The van der Waals surface area contributed by atoms with Gasteiger partial charge in [-0.25, -0.2) is 4.39 Å². The van der Waals surface area contributed by atoms with Crippen LogP contribution in [0.2, 0.25) is 0 Å². The molecule has 4 nitrogen and oxygen atoms in total. The van der Waals surface area contributed by atoms with Gasteiger partial charge in [0.1, 0.15) is 5.82 Å². The molecule has 1 aromatic rings. The number of benzene rings is 1. The van der Waals surface area contributed by atoms with Crippen molar-refractivity contribution in [3.05, 3.63) is 29.6 Å². The quantitative estimate of drug-likeness (QED) is 0.846. The molecule has 0 radical (unpaired) electrons. The Balaban J connectivity index is 2.87. The number of carbonyl (C=O) groups is 1. The van der Waals surface area contributed by atoms with E-state index in [0.29, 0.717) is 13.1 Å². The fourth-order valence-corrected chi connectivity index (χ4v) is 1.98. The first kappa shape index (κ1) is 17.4. The Morgan fingerprint density at radius 3 is 2.57 bits per heavy atom. The summed E-state index contributed by atoms with van der Waals surface area (Å²) in [5.74, 6) is -0.310. The summed E-state index contributed by atoms with van der Waals surface area (Å²) in [5.41, 5.74) is 1.65. The Kier molecular flexibility index (Phi) is 6.15. The molecule has 0 spiro atoms. The molecule has 0 aromatic heterocycles. The van der Waals surface area contributed by atoms with E-state index < -0.39 is 0 Å². The van der Waals surface area contributed by atoms with Crippen molar-refractivity contribution in [2.45, 2.75) is 39.8 Å². The van der Waals surface area contributed by atoms with E-state index in [-0.39, 0.29) is 23.8 Å². The molecular weight excluding hydrogens is 269 g/mol. The molecule has 1 aromatic carbocycles. The molecule has 21 heavy (non-hydrogen) atoms. The lowest BCUT2D eigenvalue weighted by atomic mass is 10.1. The van der Waals surface area contributed by atoms with Gasteiger partial charge >= 0.3 is 0 Å². The Labute approximate surface area is 126 Å². The third-order valence-corrected chi connectivity index (χ3v) is 3.02. The van der Waals surface area contributed by atoms with Gasteiger partial charge in [-0.2, -0.15) is 0 Å². The molecule has 0 heterocycles. The summed E-state index contributed by atoms with van der Waals surface area (Å²) < 4.78 is 13.5. The molecule has 1 amide bonds. The summed E-state index contributed by atoms with van der Waals surface area (Å²) in [6, 6.07) is 4.65. The van der Waals surface area contributed by atoms with E-state index in [9.17, 15) is 9.18 Å². The first-order valence-electron chi connectivity index (χ1n) is 7.24. The average molecular weight is 295 g/mol. The molecule has 5 heteroatoms. The lowest BCUT2D eigenvalue weighted by Gasteiger charge is -2.25.